The number of hydrogen-bond donors (Lipinski definition) is 1. The lowest BCUT2D eigenvalue weighted by Gasteiger charge is -1.87. The predicted octanol–water partition coefficient (Wildman–Crippen LogP) is 0.731. The summed E-state index contributed by atoms with van der Waals surface area (Å²) < 4.78 is 8.48. The Bertz CT molecular complexity index is 192. The molecule has 0 spiro atoms. The summed E-state index contributed by atoms with van der Waals surface area (Å²) in [5, 5.41) is 7.98. The molecule has 0 aliphatic rings. The first-order valence-electron chi connectivity index (χ1n) is 2.08. The third-order valence-corrected chi connectivity index (χ3v) is 0.602. The highest BCUT2D eigenvalue weighted by atomic mass is 16.7. The third kappa shape index (κ3) is 1.45. The molecule has 5 nitrogen and oxygen atoms in total. The summed E-state index contributed by atoms with van der Waals surface area (Å²) in [6.07, 6.45) is 0.774. The number of rotatable bonds is 1. The highest BCUT2D eigenvalue weighted by Gasteiger charge is 2.00. The molecule has 0 aliphatic heterocycles. The van der Waals surface area contributed by atoms with E-state index in [4.69, 9.17) is 5.11 Å². The van der Waals surface area contributed by atoms with Crippen LogP contribution in [0, 0.1) is 0 Å². The highest BCUT2D eigenvalue weighted by Crippen LogP contribution is 2.03. The minimum absolute atomic E-state index is 0.0532. The average molecular weight is 129 g/mol. The summed E-state index contributed by atoms with van der Waals surface area (Å²) in [5.74, 6) is -0.0532. The molecule has 0 aromatic carbocycles. The lowest BCUT2D eigenvalue weighted by atomic mass is 10.9. The smallest absolute Gasteiger partial charge is 0.449 e. The Labute approximate surface area is 49.9 Å². The van der Waals surface area contributed by atoms with Gasteiger partial charge < -0.3 is 14.3 Å². The normalized spacial score (nSPS) is 8.89. The first-order chi connectivity index (χ1) is 4.29. The largest absolute Gasteiger partial charge is 0.512 e. The van der Waals surface area contributed by atoms with Gasteiger partial charge in [0.25, 0.3) is 5.88 Å². The van der Waals surface area contributed by atoms with Gasteiger partial charge in [-0.1, -0.05) is 0 Å². The molecule has 48 valence electrons. The number of aromatic nitrogens is 1. The summed E-state index contributed by atoms with van der Waals surface area (Å²) >= 11 is 0. The fourth-order valence-electron chi connectivity index (χ4n) is 0.341. The second kappa shape index (κ2) is 2.17. The fraction of sp³-hybridized carbons (Fsp3) is 0. The SMILES string of the molecule is O=C(O)Oc1cocn1. The highest BCUT2D eigenvalue weighted by molar-refractivity contribution is 5.59. The molecule has 1 rings (SSSR count). The van der Waals surface area contributed by atoms with Crippen LogP contribution >= 0.6 is 0 Å². The summed E-state index contributed by atoms with van der Waals surface area (Å²) in [5.41, 5.74) is 0. The lowest BCUT2D eigenvalue weighted by Crippen LogP contribution is -2.02. The molecule has 0 fully saturated rings. The number of oxazole rings is 1. The van der Waals surface area contributed by atoms with E-state index in [2.05, 4.69) is 14.1 Å². The topological polar surface area (TPSA) is 72.6 Å². The van der Waals surface area contributed by atoms with Crippen LogP contribution < -0.4 is 4.74 Å². The van der Waals surface area contributed by atoms with Gasteiger partial charge in [0.2, 0.25) is 0 Å². The zero-order valence-electron chi connectivity index (χ0n) is 4.27. The monoisotopic (exact) mass is 129 g/mol. The van der Waals surface area contributed by atoms with Crippen molar-refractivity contribution in [3.05, 3.63) is 12.7 Å². The molecule has 0 amide bonds. The molecule has 1 N–H and O–H groups in total. The van der Waals surface area contributed by atoms with Crippen LogP contribution in [0.5, 0.6) is 5.88 Å². The van der Waals surface area contributed by atoms with Crippen molar-refractivity contribution >= 4 is 6.16 Å². The Morgan fingerprint density at radius 3 is 3.11 bits per heavy atom. The first-order valence-corrected chi connectivity index (χ1v) is 2.08. The van der Waals surface area contributed by atoms with E-state index in [9.17, 15) is 4.79 Å². The second-order valence-electron chi connectivity index (χ2n) is 1.19. The molecule has 0 aliphatic carbocycles. The first kappa shape index (κ1) is 5.61. The average Bonchev–Trinajstić information content (AvgIpc) is 2.15. The van der Waals surface area contributed by atoms with Crippen LogP contribution in [0.25, 0.3) is 0 Å². The van der Waals surface area contributed by atoms with E-state index in [1.807, 2.05) is 0 Å². The molecule has 0 atom stereocenters. The number of carbonyl (C=O) groups is 1. The number of nitrogens with zero attached hydrogens (tertiary/aromatic N) is 1. The van der Waals surface area contributed by atoms with Gasteiger partial charge in [0.1, 0.15) is 0 Å². The Hall–Kier alpha value is -1.52. The van der Waals surface area contributed by atoms with Crippen molar-refractivity contribution < 1.29 is 19.1 Å². The van der Waals surface area contributed by atoms with E-state index in [1.54, 1.807) is 0 Å². The second-order valence-corrected chi connectivity index (χ2v) is 1.19. The van der Waals surface area contributed by atoms with Crippen LogP contribution in [0.15, 0.2) is 17.1 Å². The van der Waals surface area contributed by atoms with Gasteiger partial charge in [0, 0.05) is 0 Å². The number of carboxylic acid groups (broad SMARTS) is 1. The number of hydrogen-bond acceptors (Lipinski definition) is 4. The van der Waals surface area contributed by atoms with Crippen LogP contribution in [0.3, 0.4) is 0 Å². The summed E-state index contributed by atoms with van der Waals surface area (Å²) in [7, 11) is 0. The predicted molar refractivity (Wildman–Crippen MR) is 25.2 cm³/mol. The molecule has 0 radical (unpaired) electrons. The zero-order valence-corrected chi connectivity index (χ0v) is 4.27. The van der Waals surface area contributed by atoms with Gasteiger partial charge in [-0.2, -0.15) is 4.98 Å². The van der Waals surface area contributed by atoms with Gasteiger partial charge >= 0.3 is 6.16 Å². The Kier molecular flexibility index (Phi) is 1.35. The summed E-state index contributed by atoms with van der Waals surface area (Å²) in [6, 6.07) is 0. The molecule has 0 bridgehead atoms. The molecule has 1 aromatic rings. The molecule has 5 heteroatoms. The van der Waals surface area contributed by atoms with Gasteiger partial charge in [0.15, 0.2) is 12.7 Å². The van der Waals surface area contributed by atoms with Crippen molar-refractivity contribution in [2.75, 3.05) is 0 Å². The maximum Gasteiger partial charge on any atom is 0.512 e. The summed E-state index contributed by atoms with van der Waals surface area (Å²) in [4.78, 5) is 13.1. The third-order valence-electron chi connectivity index (χ3n) is 0.602. The molecule has 1 heterocycles. The molecule has 0 saturated heterocycles. The zero-order chi connectivity index (χ0) is 6.69. The van der Waals surface area contributed by atoms with Crippen molar-refractivity contribution in [3.8, 4) is 5.88 Å². The van der Waals surface area contributed by atoms with Gasteiger partial charge in [0.05, 0.1) is 0 Å². The number of ether oxygens (including phenoxy) is 1. The van der Waals surface area contributed by atoms with E-state index >= 15 is 0 Å². The Morgan fingerprint density at radius 1 is 1.89 bits per heavy atom. The Balaban J connectivity index is 2.58. The minimum Gasteiger partial charge on any atom is -0.449 e. The molecular weight excluding hydrogens is 126 g/mol. The van der Waals surface area contributed by atoms with Crippen LogP contribution in [-0.2, 0) is 0 Å². The standard InChI is InChI=1S/C4H3NO4/c6-4(7)9-3-1-8-2-5-3/h1-2H,(H,6,7). The van der Waals surface area contributed by atoms with E-state index in [0.717, 1.165) is 12.7 Å². The quantitative estimate of drug-likeness (QED) is 0.566. The van der Waals surface area contributed by atoms with Crippen LogP contribution in [0.1, 0.15) is 0 Å². The van der Waals surface area contributed by atoms with Crippen molar-refractivity contribution in [3.63, 3.8) is 0 Å². The maximum absolute atomic E-state index is 9.76. The van der Waals surface area contributed by atoms with E-state index in [1.165, 1.54) is 0 Å². The van der Waals surface area contributed by atoms with Crippen LogP contribution in [0.2, 0.25) is 0 Å². The van der Waals surface area contributed by atoms with Crippen molar-refractivity contribution in [2.45, 2.75) is 0 Å². The molecule has 0 unspecified atom stereocenters. The minimum atomic E-state index is -1.40. The lowest BCUT2D eigenvalue weighted by molar-refractivity contribution is 0.142. The molecule has 0 saturated carbocycles. The van der Waals surface area contributed by atoms with Crippen molar-refractivity contribution in [2.24, 2.45) is 0 Å². The molecule has 1 aromatic heterocycles. The van der Waals surface area contributed by atoms with Gasteiger partial charge in [-0.05, 0) is 0 Å². The van der Waals surface area contributed by atoms with Gasteiger partial charge in [-0.3, -0.25) is 0 Å². The van der Waals surface area contributed by atoms with Gasteiger partial charge in [-0.15, -0.1) is 0 Å². The fourth-order valence-corrected chi connectivity index (χ4v) is 0.341. The van der Waals surface area contributed by atoms with Crippen LogP contribution in [-0.4, -0.2) is 16.2 Å². The van der Waals surface area contributed by atoms with Crippen molar-refractivity contribution in [1.82, 2.24) is 4.98 Å². The molecule has 9 heavy (non-hydrogen) atoms. The maximum atomic E-state index is 9.76. The van der Waals surface area contributed by atoms with Gasteiger partial charge in [-0.25, -0.2) is 4.79 Å². The Morgan fingerprint density at radius 2 is 2.67 bits per heavy atom. The van der Waals surface area contributed by atoms with E-state index in [-0.39, 0.29) is 5.88 Å². The summed E-state index contributed by atoms with van der Waals surface area (Å²) in [6.45, 7) is 0. The van der Waals surface area contributed by atoms with E-state index in [0.29, 0.717) is 0 Å². The molecular formula is C4H3NO4. The van der Waals surface area contributed by atoms with E-state index < -0.39 is 6.16 Å². The van der Waals surface area contributed by atoms with Crippen molar-refractivity contribution in [1.29, 1.82) is 0 Å². The van der Waals surface area contributed by atoms with Crippen LogP contribution in [0.4, 0.5) is 4.79 Å².